The van der Waals surface area contributed by atoms with Crippen LogP contribution in [0.1, 0.15) is 26.7 Å². The lowest BCUT2D eigenvalue weighted by molar-refractivity contribution is 0.457. The van der Waals surface area contributed by atoms with Crippen LogP contribution in [0.2, 0.25) is 0 Å². The lowest BCUT2D eigenvalue weighted by atomic mass is 10.4. The molecule has 0 bridgehead atoms. The molecule has 0 aliphatic carbocycles. The molecule has 0 aliphatic rings. The zero-order valence-electron chi connectivity index (χ0n) is 12.9. The minimum Gasteiger partial charge on any atom is -0.268 e. The average Bonchev–Trinajstić information content (AvgIpc) is 2.55. The molecule has 112 valence electrons. The predicted molar refractivity (Wildman–Crippen MR) is 98.6 cm³/mol. The molecule has 0 saturated heterocycles. The molecule has 0 radical (unpaired) electrons. The first-order chi connectivity index (χ1) is 10.2. The van der Waals surface area contributed by atoms with Crippen molar-refractivity contribution >= 4 is 28.6 Å². The molecule has 2 rings (SSSR count). The fourth-order valence-electron chi connectivity index (χ4n) is 2.65. The molecule has 0 aliphatic heterocycles. The van der Waals surface area contributed by atoms with Gasteiger partial charge in [-0.25, -0.2) is 0 Å². The molecule has 0 atom stereocenters. The summed E-state index contributed by atoms with van der Waals surface area (Å²) in [6.45, 7) is 6.60. The smallest absolute Gasteiger partial charge is 0.0709 e. The van der Waals surface area contributed by atoms with Crippen LogP contribution in [0, 0.1) is 0 Å². The Labute approximate surface area is 134 Å². The lowest BCUT2D eigenvalue weighted by Gasteiger charge is -2.36. The summed E-state index contributed by atoms with van der Waals surface area (Å²) in [5, 5.41) is 2.60. The Morgan fingerprint density at radius 3 is 1.48 bits per heavy atom. The van der Waals surface area contributed by atoms with Crippen molar-refractivity contribution in [2.75, 3.05) is 13.1 Å². The molecular weight excluding hydrogens is 293 g/mol. The van der Waals surface area contributed by atoms with Crippen LogP contribution in [0.4, 0.5) is 0 Å². The Balaban J connectivity index is 2.56. The molecule has 3 heteroatoms. The van der Waals surface area contributed by atoms with E-state index in [1.165, 1.54) is 10.6 Å². The van der Waals surface area contributed by atoms with E-state index in [4.69, 9.17) is 11.8 Å². The second kappa shape index (κ2) is 7.89. The van der Waals surface area contributed by atoms with Crippen LogP contribution in [0.5, 0.6) is 0 Å². The van der Waals surface area contributed by atoms with E-state index in [1.54, 1.807) is 0 Å². The molecule has 0 N–H and O–H groups in total. The minimum absolute atomic E-state index is 1.06. The van der Waals surface area contributed by atoms with Gasteiger partial charge in [0.2, 0.25) is 0 Å². The largest absolute Gasteiger partial charge is 0.268 e. The van der Waals surface area contributed by atoms with E-state index in [-0.39, 0.29) is 0 Å². The van der Waals surface area contributed by atoms with Crippen molar-refractivity contribution in [2.45, 2.75) is 26.7 Å². The van der Waals surface area contributed by atoms with Crippen LogP contribution in [-0.4, -0.2) is 17.8 Å². The minimum atomic E-state index is -1.90. The van der Waals surface area contributed by atoms with E-state index in [1.807, 2.05) is 0 Å². The van der Waals surface area contributed by atoms with Crippen molar-refractivity contribution in [2.24, 2.45) is 0 Å². The third-order valence-corrected chi connectivity index (χ3v) is 8.72. The Morgan fingerprint density at radius 1 is 0.762 bits per heavy atom. The highest BCUT2D eigenvalue weighted by Crippen LogP contribution is 2.47. The van der Waals surface area contributed by atoms with Gasteiger partial charge in [-0.2, -0.15) is 0 Å². The van der Waals surface area contributed by atoms with Crippen LogP contribution in [0.25, 0.3) is 0 Å². The number of hydrogen-bond acceptors (Lipinski definition) is 1. The zero-order valence-corrected chi connectivity index (χ0v) is 14.6. The van der Waals surface area contributed by atoms with Crippen molar-refractivity contribution in [3.8, 4) is 0 Å². The van der Waals surface area contributed by atoms with Gasteiger partial charge < -0.3 is 0 Å². The molecule has 2 aromatic rings. The predicted octanol–water partition coefficient (Wildman–Crippen LogP) is 4.15. The third-order valence-electron chi connectivity index (χ3n) is 3.57. The lowest BCUT2D eigenvalue weighted by Crippen LogP contribution is -2.33. The average molecular weight is 317 g/mol. The third kappa shape index (κ3) is 3.63. The highest BCUT2D eigenvalue weighted by atomic mass is 32.4. The van der Waals surface area contributed by atoms with Crippen LogP contribution in [0.15, 0.2) is 60.7 Å². The maximum absolute atomic E-state index is 6.32. The van der Waals surface area contributed by atoms with E-state index >= 15 is 0 Å². The fraction of sp³-hybridized carbons (Fsp3) is 0.333. The maximum Gasteiger partial charge on any atom is 0.0709 e. The molecule has 0 fully saturated rings. The van der Waals surface area contributed by atoms with Crippen molar-refractivity contribution in [3.63, 3.8) is 0 Å². The van der Waals surface area contributed by atoms with E-state index in [9.17, 15) is 0 Å². The normalized spacial score (nSPS) is 11.8. The molecule has 0 amide bonds. The van der Waals surface area contributed by atoms with Gasteiger partial charge in [0.05, 0.1) is 6.19 Å². The van der Waals surface area contributed by atoms with Crippen LogP contribution in [-0.2, 0) is 11.8 Å². The Bertz CT molecular complexity index is 533. The van der Waals surface area contributed by atoms with E-state index in [2.05, 4.69) is 79.2 Å². The van der Waals surface area contributed by atoms with E-state index in [0.29, 0.717) is 0 Å². The quantitative estimate of drug-likeness (QED) is 0.706. The zero-order chi connectivity index (χ0) is 15.1. The van der Waals surface area contributed by atoms with E-state index in [0.717, 1.165) is 25.9 Å². The van der Waals surface area contributed by atoms with Crippen molar-refractivity contribution in [1.82, 2.24) is 4.67 Å². The van der Waals surface area contributed by atoms with Gasteiger partial charge in [-0.3, -0.25) is 4.67 Å². The van der Waals surface area contributed by atoms with Gasteiger partial charge in [-0.15, -0.1) is 0 Å². The monoisotopic (exact) mass is 317 g/mol. The van der Waals surface area contributed by atoms with Gasteiger partial charge in [-0.1, -0.05) is 86.3 Å². The molecule has 0 spiro atoms. The van der Waals surface area contributed by atoms with Gasteiger partial charge in [0.1, 0.15) is 0 Å². The summed E-state index contributed by atoms with van der Waals surface area (Å²) in [6.07, 6.45) is 0.373. The number of rotatable bonds is 7. The Kier molecular flexibility index (Phi) is 6.17. The van der Waals surface area contributed by atoms with Crippen molar-refractivity contribution < 1.29 is 0 Å². The van der Waals surface area contributed by atoms with E-state index < -0.39 is 6.19 Å². The summed E-state index contributed by atoms with van der Waals surface area (Å²) in [6, 6.07) is 21.4. The Hall–Kier alpha value is -0.950. The maximum atomic E-state index is 6.32. The van der Waals surface area contributed by atoms with Crippen LogP contribution in [0.3, 0.4) is 0 Å². The molecule has 0 aromatic heterocycles. The topological polar surface area (TPSA) is 3.24 Å². The summed E-state index contributed by atoms with van der Waals surface area (Å²) in [5.74, 6) is 0. The summed E-state index contributed by atoms with van der Waals surface area (Å²) >= 11 is 6.32. The van der Waals surface area contributed by atoms with Crippen molar-refractivity contribution in [1.29, 1.82) is 0 Å². The number of nitrogens with zero attached hydrogens (tertiary/aromatic N) is 1. The second-order valence-corrected chi connectivity index (χ2v) is 9.54. The highest BCUT2D eigenvalue weighted by Gasteiger charge is 2.28. The number of hydrogen-bond donors (Lipinski definition) is 0. The molecular formula is C18H24NPS. The molecule has 1 nitrogen and oxygen atoms in total. The summed E-state index contributed by atoms with van der Waals surface area (Å²) in [7, 11) is 0. The van der Waals surface area contributed by atoms with Crippen LogP contribution < -0.4 is 10.6 Å². The van der Waals surface area contributed by atoms with Gasteiger partial charge in [0.15, 0.2) is 0 Å². The highest BCUT2D eigenvalue weighted by molar-refractivity contribution is 8.20. The first kappa shape index (κ1) is 16.4. The van der Waals surface area contributed by atoms with Gasteiger partial charge in [0, 0.05) is 23.7 Å². The molecule has 0 heterocycles. The van der Waals surface area contributed by atoms with Crippen molar-refractivity contribution in [3.05, 3.63) is 60.7 Å². The Morgan fingerprint density at radius 2 is 1.14 bits per heavy atom. The first-order valence-corrected chi connectivity index (χ1v) is 10.5. The standard InChI is InChI=1S/C18H24NPS/c1-3-15-19(16-4-2)20(21,17-11-7-5-8-12-17)18-13-9-6-10-14-18/h5-14H,3-4,15-16H2,1-2H3. The first-order valence-electron chi connectivity index (χ1n) is 7.70. The SMILES string of the molecule is CCCN(CCC)P(=S)(c1ccccc1)c1ccccc1. The van der Waals surface area contributed by atoms with Gasteiger partial charge >= 0.3 is 0 Å². The molecule has 2 aromatic carbocycles. The van der Waals surface area contributed by atoms with Gasteiger partial charge in [-0.05, 0) is 12.8 Å². The fourth-order valence-corrected chi connectivity index (χ4v) is 6.93. The van der Waals surface area contributed by atoms with Gasteiger partial charge in [0.25, 0.3) is 0 Å². The molecule has 0 saturated carbocycles. The summed E-state index contributed by atoms with van der Waals surface area (Å²) in [4.78, 5) is 0. The summed E-state index contributed by atoms with van der Waals surface area (Å²) < 4.78 is 2.55. The summed E-state index contributed by atoms with van der Waals surface area (Å²) in [5.41, 5.74) is 0. The molecule has 21 heavy (non-hydrogen) atoms. The number of benzene rings is 2. The second-order valence-electron chi connectivity index (χ2n) is 5.20. The van der Waals surface area contributed by atoms with Crippen LogP contribution >= 0.6 is 6.19 Å². The molecule has 0 unspecified atom stereocenters.